The van der Waals surface area contributed by atoms with Crippen LogP contribution >= 0.6 is 0 Å². The van der Waals surface area contributed by atoms with Crippen LogP contribution in [0, 0.1) is 11.8 Å². The maximum absolute atomic E-state index is 12.7. The number of esters is 1. The Morgan fingerprint density at radius 3 is 1.88 bits per heavy atom. The van der Waals surface area contributed by atoms with Gasteiger partial charge in [0.25, 0.3) is 0 Å². The van der Waals surface area contributed by atoms with Gasteiger partial charge < -0.3 is 20.1 Å². The van der Waals surface area contributed by atoms with Gasteiger partial charge in [-0.2, -0.15) is 0 Å². The standard InChI is InChI=1S/C21H32N2O5.C4H10.2H2/c1-14(2)11-17(19(24)22-18(12-15(3)4)20(25)27-5)23-21(26)28-13-16-9-7-6-8-10-16;1-3-4-2;;/h6-10,14-15,17-18H,11-13H2,1-5H3,(H,22,24)(H,23,26);3-4H2,1-2H3;2*1H. The Labute approximate surface area is 196 Å². The summed E-state index contributed by atoms with van der Waals surface area (Å²) in [5, 5.41) is 5.31. The minimum absolute atomic E-state index is 0. The number of methoxy groups -OCH3 is 1. The molecule has 1 aromatic rings. The predicted molar refractivity (Wildman–Crippen MR) is 131 cm³/mol. The van der Waals surface area contributed by atoms with E-state index in [2.05, 4.69) is 24.5 Å². The molecule has 0 heterocycles. The van der Waals surface area contributed by atoms with Gasteiger partial charge in [-0.25, -0.2) is 9.59 Å². The van der Waals surface area contributed by atoms with Crippen LogP contribution in [0.15, 0.2) is 30.3 Å². The average Bonchev–Trinajstić information content (AvgIpc) is 2.76. The zero-order valence-electron chi connectivity index (χ0n) is 20.8. The number of benzene rings is 1. The predicted octanol–water partition coefficient (Wildman–Crippen LogP) is 5.33. The first-order valence-corrected chi connectivity index (χ1v) is 11.5. The lowest BCUT2D eigenvalue weighted by Crippen LogP contribution is -2.52. The molecule has 0 saturated heterocycles. The molecule has 2 amide bonds. The van der Waals surface area contributed by atoms with Crippen molar-refractivity contribution in [2.45, 2.75) is 85.9 Å². The number of alkyl carbamates (subject to hydrolysis) is 1. The van der Waals surface area contributed by atoms with Crippen molar-refractivity contribution in [1.82, 2.24) is 10.6 Å². The number of carbonyl (C=O) groups excluding carboxylic acids is 3. The van der Waals surface area contributed by atoms with E-state index in [0.29, 0.717) is 12.8 Å². The maximum Gasteiger partial charge on any atom is 0.408 e. The normalized spacial score (nSPS) is 12.3. The molecule has 0 fully saturated rings. The first-order chi connectivity index (χ1) is 15.1. The van der Waals surface area contributed by atoms with E-state index in [1.54, 1.807) is 0 Å². The highest BCUT2D eigenvalue weighted by Gasteiger charge is 2.28. The lowest BCUT2D eigenvalue weighted by atomic mass is 10.0. The van der Waals surface area contributed by atoms with Crippen molar-refractivity contribution in [2.24, 2.45) is 11.8 Å². The van der Waals surface area contributed by atoms with E-state index < -0.39 is 30.1 Å². The van der Waals surface area contributed by atoms with E-state index >= 15 is 0 Å². The molecule has 0 aliphatic heterocycles. The Morgan fingerprint density at radius 1 is 0.875 bits per heavy atom. The Hall–Kier alpha value is -2.57. The Kier molecular flexibility index (Phi) is 15.7. The Balaban J connectivity index is -0.00000148. The lowest BCUT2D eigenvalue weighted by Gasteiger charge is -2.24. The molecular formula is C25H46N2O5. The third-order valence-corrected chi connectivity index (χ3v) is 4.54. The van der Waals surface area contributed by atoms with Crippen LogP contribution in [0.25, 0.3) is 0 Å². The van der Waals surface area contributed by atoms with Gasteiger partial charge in [-0.05, 0) is 30.2 Å². The minimum atomic E-state index is -0.803. The number of unbranched alkanes of at least 4 members (excludes halogenated alkanes) is 1. The number of carbonyl (C=O) groups is 3. The zero-order valence-corrected chi connectivity index (χ0v) is 20.8. The van der Waals surface area contributed by atoms with Crippen molar-refractivity contribution in [2.75, 3.05) is 7.11 Å². The first-order valence-electron chi connectivity index (χ1n) is 11.5. The largest absolute Gasteiger partial charge is 0.467 e. The number of ether oxygens (including phenoxy) is 2. The van der Waals surface area contributed by atoms with Gasteiger partial charge in [-0.15, -0.1) is 0 Å². The summed E-state index contributed by atoms with van der Waals surface area (Å²) in [6.07, 6.45) is 2.83. The SMILES string of the molecule is CCCC.COC(=O)C(CC(C)C)NC(=O)C(CC(C)C)NC(=O)OCc1ccccc1.[HH].[HH]. The molecule has 0 aliphatic rings. The summed E-state index contributed by atoms with van der Waals surface area (Å²) < 4.78 is 9.98. The lowest BCUT2D eigenvalue weighted by molar-refractivity contribution is -0.145. The molecule has 2 atom stereocenters. The third kappa shape index (κ3) is 13.7. The first kappa shape index (κ1) is 29.4. The van der Waals surface area contributed by atoms with Crippen molar-refractivity contribution >= 4 is 18.0 Å². The second-order valence-corrected chi connectivity index (χ2v) is 8.60. The fraction of sp³-hybridized carbons (Fsp3) is 0.640. The summed E-state index contributed by atoms with van der Waals surface area (Å²) >= 11 is 0. The van der Waals surface area contributed by atoms with Crippen molar-refractivity contribution in [3.63, 3.8) is 0 Å². The van der Waals surface area contributed by atoms with Crippen LogP contribution < -0.4 is 10.6 Å². The van der Waals surface area contributed by atoms with Gasteiger partial charge in [-0.3, -0.25) is 4.79 Å². The number of amides is 2. The van der Waals surface area contributed by atoms with Crippen molar-refractivity contribution < 1.29 is 26.7 Å². The topological polar surface area (TPSA) is 93.7 Å². The molecule has 1 rings (SSSR count). The number of nitrogens with one attached hydrogen (secondary N) is 2. The van der Waals surface area contributed by atoms with E-state index in [-0.39, 0.29) is 21.3 Å². The van der Waals surface area contributed by atoms with Crippen LogP contribution in [0.3, 0.4) is 0 Å². The van der Waals surface area contributed by atoms with Crippen LogP contribution in [0.4, 0.5) is 4.79 Å². The molecule has 0 aliphatic carbocycles. The Bertz CT molecular complexity index is 671. The monoisotopic (exact) mass is 454 g/mol. The zero-order chi connectivity index (χ0) is 24.5. The van der Waals surface area contributed by atoms with E-state index in [0.717, 1.165) is 5.56 Å². The van der Waals surface area contributed by atoms with Gasteiger partial charge in [0.1, 0.15) is 18.7 Å². The summed E-state index contributed by atoms with van der Waals surface area (Å²) in [5.74, 6) is -0.581. The van der Waals surface area contributed by atoms with Gasteiger partial charge in [0.2, 0.25) is 5.91 Å². The summed E-state index contributed by atoms with van der Waals surface area (Å²) in [4.78, 5) is 36.8. The highest BCUT2D eigenvalue weighted by Crippen LogP contribution is 2.10. The molecule has 0 spiro atoms. The molecule has 0 bridgehead atoms. The average molecular weight is 455 g/mol. The molecular weight excluding hydrogens is 408 g/mol. The van der Waals surface area contributed by atoms with Crippen LogP contribution in [0.1, 0.15) is 75.6 Å². The minimum Gasteiger partial charge on any atom is -0.467 e. The van der Waals surface area contributed by atoms with Crippen LogP contribution in [0.2, 0.25) is 0 Å². The summed E-state index contributed by atoms with van der Waals surface area (Å²) in [5.41, 5.74) is 0.852. The molecule has 7 nitrogen and oxygen atoms in total. The molecule has 0 aromatic heterocycles. The summed E-state index contributed by atoms with van der Waals surface area (Å²) in [7, 11) is 1.28. The fourth-order valence-corrected chi connectivity index (χ4v) is 2.71. The van der Waals surface area contributed by atoms with Crippen LogP contribution in [0.5, 0.6) is 0 Å². The maximum atomic E-state index is 12.7. The van der Waals surface area contributed by atoms with Gasteiger partial charge in [-0.1, -0.05) is 84.7 Å². The number of hydrogen-bond acceptors (Lipinski definition) is 5. The summed E-state index contributed by atoms with van der Waals surface area (Å²) in [6.45, 7) is 12.3. The van der Waals surface area contributed by atoms with Crippen molar-refractivity contribution in [3.8, 4) is 0 Å². The van der Waals surface area contributed by atoms with Gasteiger partial charge in [0.05, 0.1) is 7.11 Å². The second-order valence-electron chi connectivity index (χ2n) is 8.60. The molecule has 32 heavy (non-hydrogen) atoms. The molecule has 1 aromatic carbocycles. The third-order valence-electron chi connectivity index (χ3n) is 4.54. The van der Waals surface area contributed by atoms with Gasteiger partial charge >= 0.3 is 12.1 Å². The van der Waals surface area contributed by atoms with Gasteiger partial charge in [0.15, 0.2) is 0 Å². The molecule has 0 radical (unpaired) electrons. The number of rotatable bonds is 11. The smallest absolute Gasteiger partial charge is 0.408 e. The van der Waals surface area contributed by atoms with E-state index in [1.165, 1.54) is 20.0 Å². The fourth-order valence-electron chi connectivity index (χ4n) is 2.71. The molecule has 2 N–H and O–H groups in total. The summed E-state index contributed by atoms with van der Waals surface area (Å²) in [6, 6.07) is 7.72. The van der Waals surface area contributed by atoms with E-state index in [1.807, 2.05) is 58.0 Å². The second kappa shape index (κ2) is 17.0. The van der Waals surface area contributed by atoms with Crippen molar-refractivity contribution in [3.05, 3.63) is 35.9 Å². The van der Waals surface area contributed by atoms with E-state index in [9.17, 15) is 14.4 Å². The van der Waals surface area contributed by atoms with Crippen LogP contribution in [-0.4, -0.2) is 37.2 Å². The van der Waals surface area contributed by atoms with E-state index in [4.69, 9.17) is 9.47 Å². The molecule has 0 saturated carbocycles. The molecule has 7 heteroatoms. The quantitative estimate of drug-likeness (QED) is 0.441. The van der Waals surface area contributed by atoms with Crippen LogP contribution in [-0.2, 0) is 25.7 Å². The van der Waals surface area contributed by atoms with Crippen molar-refractivity contribution in [1.29, 1.82) is 0 Å². The number of hydrogen-bond donors (Lipinski definition) is 2. The molecule has 186 valence electrons. The molecule has 2 unspecified atom stereocenters. The van der Waals surface area contributed by atoms with Gasteiger partial charge in [0, 0.05) is 2.85 Å². The highest BCUT2D eigenvalue weighted by atomic mass is 16.5. The Morgan fingerprint density at radius 2 is 1.41 bits per heavy atom. The highest BCUT2D eigenvalue weighted by molar-refractivity contribution is 5.89.